The number of ether oxygens (including phenoxy) is 1. The number of anilines is 2. The number of methoxy groups -OCH3 is 1. The molecule has 0 atom stereocenters. The predicted molar refractivity (Wildman–Crippen MR) is 111 cm³/mol. The average Bonchev–Trinajstić information content (AvgIpc) is 2.76. The highest BCUT2D eigenvalue weighted by Crippen LogP contribution is 2.23. The molecule has 2 aromatic carbocycles. The fourth-order valence-corrected chi connectivity index (χ4v) is 2.62. The number of nitrogens with zero attached hydrogens (tertiary/aromatic N) is 3. The van der Waals surface area contributed by atoms with Gasteiger partial charge in [0, 0.05) is 17.8 Å². The van der Waals surface area contributed by atoms with Gasteiger partial charge in [-0.1, -0.05) is 12.1 Å². The number of para-hydroxylation sites is 2. The Bertz CT molecular complexity index is 1190. The number of carbonyl (C=O) groups is 2. The molecule has 1 heterocycles. The molecule has 2 amide bonds. The van der Waals surface area contributed by atoms with Gasteiger partial charge in [0.1, 0.15) is 23.7 Å². The van der Waals surface area contributed by atoms with Gasteiger partial charge in [-0.05, 0) is 36.4 Å². The van der Waals surface area contributed by atoms with Gasteiger partial charge in [0.25, 0.3) is 17.2 Å². The minimum absolute atomic E-state index is 0.0149. The Labute approximate surface area is 175 Å². The van der Waals surface area contributed by atoms with Crippen LogP contribution < -0.4 is 20.9 Å². The first kappa shape index (κ1) is 21.2. The summed E-state index contributed by atoms with van der Waals surface area (Å²) < 4.78 is 5.85. The number of rotatable bonds is 7. The van der Waals surface area contributed by atoms with E-state index in [-0.39, 0.29) is 17.1 Å². The summed E-state index contributed by atoms with van der Waals surface area (Å²) in [5.41, 5.74) is -0.519. The predicted octanol–water partition coefficient (Wildman–Crippen LogP) is 2.05. The van der Waals surface area contributed by atoms with Crippen LogP contribution >= 0.6 is 0 Å². The van der Waals surface area contributed by atoms with Gasteiger partial charge in [0.2, 0.25) is 5.91 Å². The lowest BCUT2D eigenvalue weighted by Crippen LogP contribution is -2.31. The monoisotopic (exact) mass is 423 g/mol. The van der Waals surface area contributed by atoms with Crippen LogP contribution in [0.25, 0.3) is 0 Å². The van der Waals surface area contributed by atoms with Gasteiger partial charge in [0.15, 0.2) is 0 Å². The third-order valence-electron chi connectivity index (χ3n) is 4.12. The second kappa shape index (κ2) is 9.31. The van der Waals surface area contributed by atoms with E-state index >= 15 is 0 Å². The van der Waals surface area contributed by atoms with Crippen molar-refractivity contribution in [1.82, 2.24) is 9.78 Å². The van der Waals surface area contributed by atoms with Crippen molar-refractivity contribution in [3.05, 3.63) is 86.8 Å². The van der Waals surface area contributed by atoms with Crippen molar-refractivity contribution in [2.75, 3.05) is 17.7 Å². The van der Waals surface area contributed by atoms with Crippen LogP contribution in [0.15, 0.2) is 65.5 Å². The van der Waals surface area contributed by atoms with Crippen molar-refractivity contribution in [3.8, 4) is 5.75 Å². The highest BCUT2D eigenvalue weighted by Gasteiger charge is 2.16. The number of hydrogen-bond acceptors (Lipinski definition) is 7. The van der Waals surface area contributed by atoms with E-state index in [0.29, 0.717) is 11.4 Å². The molecule has 2 N–H and O–H groups in total. The average molecular weight is 423 g/mol. The second-order valence-electron chi connectivity index (χ2n) is 6.22. The molecule has 0 fully saturated rings. The van der Waals surface area contributed by atoms with Crippen LogP contribution in [0.2, 0.25) is 0 Å². The highest BCUT2D eigenvalue weighted by molar-refractivity contribution is 6.02. The van der Waals surface area contributed by atoms with Gasteiger partial charge < -0.3 is 15.4 Å². The number of amides is 2. The maximum Gasteiger partial charge on any atom is 0.292 e. The van der Waals surface area contributed by atoms with Gasteiger partial charge in [-0.2, -0.15) is 5.10 Å². The summed E-state index contributed by atoms with van der Waals surface area (Å²) in [5, 5.41) is 20.0. The van der Waals surface area contributed by atoms with Crippen molar-refractivity contribution >= 4 is 28.9 Å². The second-order valence-corrected chi connectivity index (χ2v) is 6.22. The lowest BCUT2D eigenvalue weighted by molar-refractivity contribution is -0.383. The molecule has 3 rings (SSSR count). The van der Waals surface area contributed by atoms with Crippen LogP contribution in [0.5, 0.6) is 5.75 Å². The van der Waals surface area contributed by atoms with Crippen LogP contribution in [0, 0.1) is 10.1 Å². The summed E-state index contributed by atoms with van der Waals surface area (Å²) in [6, 6.07) is 14.5. The SMILES string of the molecule is COc1ccc(NC(=O)c2ccc(=O)n(CC(=O)Nc3ccccc3[N+](=O)[O-])n2)cc1. The summed E-state index contributed by atoms with van der Waals surface area (Å²) in [4.78, 5) is 47.2. The zero-order chi connectivity index (χ0) is 22.4. The quantitative estimate of drug-likeness (QED) is 0.437. The molecule has 0 aliphatic rings. The van der Waals surface area contributed by atoms with E-state index in [1.54, 1.807) is 24.3 Å². The molecule has 0 spiro atoms. The van der Waals surface area contributed by atoms with Gasteiger partial charge >= 0.3 is 0 Å². The van der Waals surface area contributed by atoms with Gasteiger partial charge in [0.05, 0.1) is 12.0 Å². The maximum atomic E-state index is 12.4. The van der Waals surface area contributed by atoms with E-state index in [9.17, 15) is 24.5 Å². The smallest absolute Gasteiger partial charge is 0.292 e. The minimum Gasteiger partial charge on any atom is -0.497 e. The Morgan fingerprint density at radius 3 is 2.45 bits per heavy atom. The largest absolute Gasteiger partial charge is 0.497 e. The van der Waals surface area contributed by atoms with Crippen LogP contribution in [0.1, 0.15) is 10.5 Å². The molecule has 0 aliphatic carbocycles. The van der Waals surface area contributed by atoms with Crippen LogP contribution in [0.3, 0.4) is 0 Å². The van der Waals surface area contributed by atoms with E-state index in [2.05, 4.69) is 15.7 Å². The van der Waals surface area contributed by atoms with Crippen molar-refractivity contribution in [3.63, 3.8) is 0 Å². The van der Waals surface area contributed by atoms with Gasteiger partial charge in [-0.3, -0.25) is 24.5 Å². The van der Waals surface area contributed by atoms with E-state index in [1.807, 2.05) is 0 Å². The zero-order valence-corrected chi connectivity index (χ0v) is 16.3. The summed E-state index contributed by atoms with van der Waals surface area (Å²) in [6.45, 7) is -0.533. The van der Waals surface area contributed by atoms with Crippen LogP contribution in [-0.4, -0.2) is 33.6 Å². The molecule has 11 heteroatoms. The number of benzene rings is 2. The first-order valence-corrected chi connectivity index (χ1v) is 8.94. The van der Waals surface area contributed by atoms with E-state index < -0.39 is 28.8 Å². The number of nitrogens with one attached hydrogen (secondary N) is 2. The van der Waals surface area contributed by atoms with E-state index in [1.165, 1.54) is 37.4 Å². The van der Waals surface area contributed by atoms with Crippen LogP contribution in [-0.2, 0) is 11.3 Å². The fourth-order valence-electron chi connectivity index (χ4n) is 2.62. The molecule has 11 nitrogen and oxygen atoms in total. The number of aromatic nitrogens is 2. The highest BCUT2D eigenvalue weighted by atomic mass is 16.6. The molecular formula is C20H17N5O6. The van der Waals surface area contributed by atoms with Crippen molar-refractivity contribution < 1.29 is 19.2 Å². The number of nitro groups is 1. The van der Waals surface area contributed by atoms with Crippen molar-refractivity contribution in [2.45, 2.75) is 6.54 Å². The Morgan fingerprint density at radius 2 is 1.77 bits per heavy atom. The molecule has 0 unspecified atom stereocenters. The molecule has 3 aromatic rings. The van der Waals surface area contributed by atoms with Crippen LogP contribution in [0.4, 0.5) is 17.1 Å². The molecule has 0 bridgehead atoms. The number of hydrogen-bond donors (Lipinski definition) is 2. The summed E-state index contributed by atoms with van der Waals surface area (Å²) >= 11 is 0. The number of carbonyl (C=O) groups excluding carboxylic acids is 2. The normalized spacial score (nSPS) is 10.2. The standard InChI is InChI=1S/C20H17N5O6/c1-31-14-8-6-13(7-9-14)21-20(28)16-10-11-19(27)24(23-16)12-18(26)22-15-4-2-3-5-17(15)25(29)30/h2-11H,12H2,1H3,(H,21,28)(H,22,26). The molecule has 0 radical (unpaired) electrons. The summed E-state index contributed by atoms with van der Waals surface area (Å²) in [6.07, 6.45) is 0. The first-order valence-electron chi connectivity index (χ1n) is 8.94. The Kier molecular flexibility index (Phi) is 6.36. The van der Waals surface area contributed by atoms with Gasteiger partial charge in [-0.25, -0.2) is 4.68 Å². The zero-order valence-electron chi connectivity index (χ0n) is 16.3. The molecule has 0 aliphatic heterocycles. The topological polar surface area (TPSA) is 145 Å². The molecule has 31 heavy (non-hydrogen) atoms. The minimum atomic E-state index is -0.711. The molecule has 158 valence electrons. The van der Waals surface area contributed by atoms with Gasteiger partial charge in [-0.15, -0.1) is 0 Å². The number of nitro benzene ring substituents is 1. The van der Waals surface area contributed by atoms with Crippen molar-refractivity contribution in [1.29, 1.82) is 0 Å². The molecule has 1 aromatic heterocycles. The Balaban J connectivity index is 1.73. The van der Waals surface area contributed by atoms with E-state index in [4.69, 9.17) is 4.74 Å². The van der Waals surface area contributed by atoms with E-state index in [0.717, 1.165) is 10.7 Å². The van der Waals surface area contributed by atoms with Crippen molar-refractivity contribution in [2.24, 2.45) is 0 Å². The third kappa shape index (κ3) is 5.29. The summed E-state index contributed by atoms with van der Waals surface area (Å²) in [5.74, 6) is -0.677. The first-order chi connectivity index (χ1) is 14.9. The fraction of sp³-hybridized carbons (Fsp3) is 0.100. The lowest BCUT2D eigenvalue weighted by atomic mass is 10.2. The molecule has 0 saturated heterocycles. The Morgan fingerprint density at radius 1 is 1.06 bits per heavy atom. The third-order valence-corrected chi connectivity index (χ3v) is 4.12. The Hall–Kier alpha value is -4.54. The molecule has 0 saturated carbocycles. The molecular weight excluding hydrogens is 406 g/mol. The lowest BCUT2D eigenvalue weighted by Gasteiger charge is -2.09. The summed E-state index contributed by atoms with van der Waals surface area (Å²) in [7, 11) is 1.52. The maximum absolute atomic E-state index is 12.4.